The van der Waals surface area contributed by atoms with Gasteiger partial charge >= 0.3 is 11.9 Å². The van der Waals surface area contributed by atoms with Gasteiger partial charge in [0, 0.05) is 6.61 Å². The van der Waals surface area contributed by atoms with E-state index in [9.17, 15) is 9.59 Å². The summed E-state index contributed by atoms with van der Waals surface area (Å²) in [4.78, 5) is 20.8. The maximum absolute atomic E-state index is 10.4. The third-order valence-electron chi connectivity index (χ3n) is 1.90. The van der Waals surface area contributed by atoms with Crippen LogP contribution in [0.5, 0.6) is 0 Å². The molecule has 1 rings (SSSR count). The van der Waals surface area contributed by atoms with Gasteiger partial charge in [0.05, 0.1) is 17.2 Å². The first kappa shape index (κ1) is 16.1. The van der Waals surface area contributed by atoms with Crippen molar-refractivity contribution in [3.63, 3.8) is 0 Å². The molecule has 0 amide bonds. The van der Waals surface area contributed by atoms with Gasteiger partial charge in [-0.3, -0.25) is 0 Å². The third kappa shape index (κ3) is 6.62. The van der Waals surface area contributed by atoms with Crippen LogP contribution in [0.3, 0.4) is 0 Å². The van der Waals surface area contributed by atoms with Crippen molar-refractivity contribution in [1.82, 2.24) is 0 Å². The Hall–Kier alpha value is -1.92. The van der Waals surface area contributed by atoms with Gasteiger partial charge in [-0.2, -0.15) is 0 Å². The van der Waals surface area contributed by atoms with Crippen LogP contribution >= 0.6 is 0 Å². The van der Waals surface area contributed by atoms with Gasteiger partial charge in [0.15, 0.2) is 0 Å². The molecule has 0 spiro atoms. The number of benzene rings is 1. The highest BCUT2D eigenvalue weighted by atomic mass is 16.4. The van der Waals surface area contributed by atoms with Gasteiger partial charge in [-0.15, -0.1) is 0 Å². The minimum atomic E-state index is -1.13. The van der Waals surface area contributed by atoms with E-state index in [2.05, 4.69) is 0 Å². The highest BCUT2D eigenvalue weighted by Crippen LogP contribution is 2.04. The second-order valence-corrected chi connectivity index (χ2v) is 3.55. The molecule has 1 unspecified atom stereocenters. The first-order valence-electron chi connectivity index (χ1n) is 5.24. The van der Waals surface area contributed by atoms with Crippen LogP contribution in [0.1, 0.15) is 34.1 Å². The van der Waals surface area contributed by atoms with Crippen molar-refractivity contribution >= 4 is 11.9 Å². The Morgan fingerprint density at radius 2 is 1.61 bits per heavy atom. The number of hydrogen-bond donors (Lipinski definition) is 4. The second-order valence-electron chi connectivity index (χ2n) is 3.55. The molecule has 0 saturated heterocycles. The summed E-state index contributed by atoms with van der Waals surface area (Å²) in [5.41, 5.74) is -0.0372. The van der Waals surface area contributed by atoms with Crippen LogP contribution in [0.15, 0.2) is 24.3 Å². The van der Waals surface area contributed by atoms with E-state index >= 15 is 0 Å². The SMILES string of the molecule is CC(O)CCO.O=C(O)c1cccc(C(=O)O)c1. The number of carboxylic acids is 2. The molecule has 0 radical (unpaired) electrons. The number of rotatable bonds is 4. The van der Waals surface area contributed by atoms with Crippen molar-refractivity contribution in [1.29, 1.82) is 0 Å². The van der Waals surface area contributed by atoms with E-state index in [0.29, 0.717) is 6.42 Å². The Morgan fingerprint density at radius 1 is 1.17 bits per heavy atom. The molecule has 18 heavy (non-hydrogen) atoms. The zero-order valence-electron chi connectivity index (χ0n) is 9.91. The van der Waals surface area contributed by atoms with E-state index in [0.717, 1.165) is 6.07 Å². The fourth-order valence-electron chi connectivity index (χ4n) is 0.972. The van der Waals surface area contributed by atoms with E-state index in [-0.39, 0.29) is 23.8 Å². The quantitative estimate of drug-likeness (QED) is 0.634. The normalized spacial score (nSPS) is 11.1. The number of aromatic carboxylic acids is 2. The van der Waals surface area contributed by atoms with Crippen molar-refractivity contribution in [2.24, 2.45) is 0 Å². The van der Waals surface area contributed by atoms with Gasteiger partial charge in [-0.05, 0) is 31.5 Å². The van der Waals surface area contributed by atoms with Crippen molar-refractivity contribution in [2.75, 3.05) is 6.61 Å². The van der Waals surface area contributed by atoms with Crippen molar-refractivity contribution in [2.45, 2.75) is 19.4 Å². The average molecular weight is 256 g/mol. The molecule has 0 aliphatic heterocycles. The highest BCUT2D eigenvalue weighted by molar-refractivity contribution is 5.93. The topological polar surface area (TPSA) is 115 Å². The van der Waals surface area contributed by atoms with Crippen LogP contribution in [0, 0.1) is 0 Å². The van der Waals surface area contributed by atoms with Crippen LogP contribution in [0.2, 0.25) is 0 Å². The molecule has 4 N–H and O–H groups in total. The minimum Gasteiger partial charge on any atom is -0.478 e. The Morgan fingerprint density at radius 3 is 1.83 bits per heavy atom. The predicted octanol–water partition coefficient (Wildman–Crippen LogP) is 0.833. The summed E-state index contributed by atoms with van der Waals surface area (Å²) in [7, 11) is 0. The zero-order chi connectivity index (χ0) is 14.1. The van der Waals surface area contributed by atoms with Crippen molar-refractivity contribution in [3.05, 3.63) is 35.4 Å². The molecule has 0 saturated carbocycles. The Labute approximate surface area is 104 Å². The summed E-state index contributed by atoms with van der Waals surface area (Å²) in [5, 5.41) is 33.5. The summed E-state index contributed by atoms with van der Waals surface area (Å²) in [5.74, 6) is -2.25. The largest absolute Gasteiger partial charge is 0.478 e. The van der Waals surface area contributed by atoms with Crippen molar-refractivity contribution in [3.8, 4) is 0 Å². The number of hydrogen-bond acceptors (Lipinski definition) is 4. The Balaban J connectivity index is 0.000000411. The van der Waals surface area contributed by atoms with E-state index in [4.69, 9.17) is 20.4 Å². The molecule has 100 valence electrons. The monoisotopic (exact) mass is 256 g/mol. The molecular formula is C12H16O6. The molecule has 1 aromatic rings. The molecule has 0 bridgehead atoms. The number of aliphatic hydroxyl groups excluding tert-OH is 2. The molecule has 1 atom stereocenters. The van der Waals surface area contributed by atoms with E-state index < -0.39 is 11.9 Å². The molecule has 6 nitrogen and oxygen atoms in total. The highest BCUT2D eigenvalue weighted by Gasteiger charge is 2.06. The number of carboxylic acid groups (broad SMARTS) is 2. The van der Waals surface area contributed by atoms with Crippen LogP contribution in [-0.4, -0.2) is 45.1 Å². The second kappa shape index (κ2) is 8.21. The summed E-state index contributed by atoms with van der Waals surface area (Å²) in [6.07, 6.45) is 0.134. The van der Waals surface area contributed by atoms with E-state index in [1.807, 2.05) is 0 Å². The van der Waals surface area contributed by atoms with Gasteiger partial charge in [0.25, 0.3) is 0 Å². The molecule has 6 heteroatoms. The molecular weight excluding hydrogens is 240 g/mol. The average Bonchev–Trinajstić information content (AvgIpc) is 2.29. The van der Waals surface area contributed by atoms with Gasteiger partial charge in [-0.1, -0.05) is 6.07 Å². The van der Waals surface area contributed by atoms with E-state index in [1.54, 1.807) is 6.92 Å². The smallest absolute Gasteiger partial charge is 0.335 e. The first-order chi connectivity index (χ1) is 8.38. The summed E-state index contributed by atoms with van der Waals surface area (Å²) >= 11 is 0. The summed E-state index contributed by atoms with van der Waals surface area (Å²) in [6, 6.07) is 5.20. The molecule has 0 aliphatic carbocycles. The maximum atomic E-state index is 10.4. The fraction of sp³-hybridized carbons (Fsp3) is 0.333. The van der Waals surface area contributed by atoms with E-state index in [1.165, 1.54) is 18.2 Å². The lowest BCUT2D eigenvalue weighted by Gasteiger charge is -1.95. The maximum Gasteiger partial charge on any atom is 0.335 e. The first-order valence-corrected chi connectivity index (χ1v) is 5.24. The lowest BCUT2D eigenvalue weighted by molar-refractivity contribution is 0.0696. The van der Waals surface area contributed by atoms with Crippen LogP contribution in [0.25, 0.3) is 0 Å². The predicted molar refractivity (Wildman–Crippen MR) is 63.7 cm³/mol. The van der Waals surface area contributed by atoms with Gasteiger partial charge in [-0.25, -0.2) is 9.59 Å². The molecule has 0 fully saturated rings. The van der Waals surface area contributed by atoms with Gasteiger partial charge in [0.2, 0.25) is 0 Å². The molecule has 0 heterocycles. The standard InChI is InChI=1S/C8H6O4.C4H10O2/c9-7(10)5-2-1-3-6(4-5)8(11)12;1-4(6)2-3-5/h1-4H,(H,9,10)(H,11,12);4-6H,2-3H2,1H3. The van der Waals surface area contributed by atoms with Crippen molar-refractivity contribution < 1.29 is 30.0 Å². The lowest BCUT2D eigenvalue weighted by Crippen LogP contribution is -2.01. The Kier molecular flexibility index (Phi) is 7.34. The summed E-state index contributed by atoms with van der Waals surface area (Å²) in [6.45, 7) is 1.73. The lowest BCUT2D eigenvalue weighted by atomic mass is 10.1. The zero-order valence-corrected chi connectivity index (χ0v) is 9.91. The fourth-order valence-corrected chi connectivity index (χ4v) is 0.972. The summed E-state index contributed by atoms with van der Waals surface area (Å²) < 4.78 is 0. The molecule has 1 aromatic carbocycles. The number of carbonyl (C=O) groups is 2. The molecule has 0 aromatic heterocycles. The Bertz CT molecular complexity index is 370. The van der Waals surface area contributed by atoms with Crippen LogP contribution < -0.4 is 0 Å². The van der Waals surface area contributed by atoms with Gasteiger partial charge < -0.3 is 20.4 Å². The van der Waals surface area contributed by atoms with Gasteiger partial charge in [0.1, 0.15) is 0 Å². The van der Waals surface area contributed by atoms with Crippen LogP contribution in [0.4, 0.5) is 0 Å². The minimum absolute atomic E-state index is 0.0186. The molecule has 0 aliphatic rings. The number of aliphatic hydroxyl groups is 2. The van der Waals surface area contributed by atoms with Crippen LogP contribution in [-0.2, 0) is 0 Å². The third-order valence-corrected chi connectivity index (χ3v) is 1.90.